The predicted octanol–water partition coefficient (Wildman–Crippen LogP) is 1.42. The summed E-state index contributed by atoms with van der Waals surface area (Å²) in [5.41, 5.74) is 1.000. The smallest absolute Gasteiger partial charge is 0.243 e. The molecular weight excluding hydrogens is 376 g/mol. The van der Waals surface area contributed by atoms with E-state index in [1.807, 2.05) is 29.1 Å². The van der Waals surface area contributed by atoms with Gasteiger partial charge in [0.2, 0.25) is 10.0 Å². The quantitative estimate of drug-likeness (QED) is 0.394. The molecule has 0 atom stereocenters. The van der Waals surface area contributed by atoms with Crippen LogP contribution < -0.4 is 10.6 Å². The summed E-state index contributed by atoms with van der Waals surface area (Å²) in [5.74, 6) is 0.717. The van der Waals surface area contributed by atoms with Crippen LogP contribution in [0.3, 0.4) is 0 Å². The summed E-state index contributed by atoms with van der Waals surface area (Å²) in [6.07, 6.45) is 6.53. The largest absolute Gasteiger partial charge is 0.356 e. The second-order valence-electron chi connectivity index (χ2n) is 6.73. The first kappa shape index (κ1) is 20.3. The van der Waals surface area contributed by atoms with E-state index in [2.05, 4.69) is 20.7 Å². The van der Waals surface area contributed by atoms with Gasteiger partial charge in [0.25, 0.3) is 0 Å². The Kier molecular flexibility index (Phi) is 7.05. The lowest BCUT2D eigenvalue weighted by molar-refractivity contribution is 0.477. The molecule has 1 aliphatic rings. The van der Waals surface area contributed by atoms with Crippen LogP contribution in [0.2, 0.25) is 0 Å². The number of guanidine groups is 1. The van der Waals surface area contributed by atoms with E-state index in [0.29, 0.717) is 30.5 Å². The first-order valence-electron chi connectivity index (χ1n) is 9.60. The summed E-state index contributed by atoms with van der Waals surface area (Å²) in [7, 11) is -1.62. The number of nitrogens with zero attached hydrogens (tertiary/aromatic N) is 4. The van der Waals surface area contributed by atoms with E-state index in [1.165, 1.54) is 0 Å². The Bertz CT molecular complexity index is 856. The van der Waals surface area contributed by atoms with Gasteiger partial charge in [-0.2, -0.15) is 9.40 Å². The number of sulfonamides is 1. The van der Waals surface area contributed by atoms with Crippen LogP contribution in [0.1, 0.15) is 24.8 Å². The van der Waals surface area contributed by atoms with Crippen LogP contribution >= 0.6 is 0 Å². The Morgan fingerprint density at radius 1 is 1.18 bits per heavy atom. The van der Waals surface area contributed by atoms with E-state index in [4.69, 9.17) is 0 Å². The average molecular weight is 405 g/mol. The third-order valence-corrected chi connectivity index (χ3v) is 6.64. The zero-order chi connectivity index (χ0) is 19.8. The topological polar surface area (TPSA) is 91.6 Å². The number of rotatable bonds is 8. The molecule has 3 rings (SSSR count). The Balaban J connectivity index is 1.45. The van der Waals surface area contributed by atoms with Crippen molar-refractivity contribution in [3.05, 3.63) is 48.3 Å². The molecule has 1 aliphatic heterocycles. The Morgan fingerprint density at radius 3 is 2.57 bits per heavy atom. The van der Waals surface area contributed by atoms with Crippen molar-refractivity contribution >= 4 is 16.0 Å². The standard InChI is InChI=1S/C19H28N6O2S/c1-20-19(21-10-4-12-24-13-5-11-23-24)22-16-17-6-8-18(9-7-17)28(26,27)25-14-2-3-15-25/h5-9,11,13H,2-4,10,12,14-16H2,1H3,(H2,20,21,22). The highest BCUT2D eigenvalue weighted by molar-refractivity contribution is 7.89. The maximum absolute atomic E-state index is 12.6. The van der Waals surface area contributed by atoms with Crippen molar-refractivity contribution in [1.82, 2.24) is 24.7 Å². The summed E-state index contributed by atoms with van der Waals surface area (Å²) in [6.45, 7) is 3.45. The van der Waals surface area contributed by atoms with Crippen LogP contribution in [0.25, 0.3) is 0 Å². The van der Waals surface area contributed by atoms with Crippen LogP contribution in [-0.4, -0.2) is 55.1 Å². The van der Waals surface area contributed by atoms with E-state index < -0.39 is 10.0 Å². The van der Waals surface area contributed by atoms with Gasteiger partial charge in [-0.15, -0.1) is 0 Å². The molecule has 9 heteroatoms. The average Bonchev–Trinajstić information content (AvgIpc) is 3.42. The first-order valence-corrected chi connectivity index (χ1v) is 11.0. The minimum Gasteiger partial charge on any atom is -0.356 e. The van der Waals surface area contributed by atoms with Gasteiger partial charge in [-0.3, -0.25) is 9.67 Å². The number of hydrogen-bond acceptors (Lipinski definition) is 4. The molecule has 0 amide bonds. The second kappa shape index (κ2) is 9.70. The fraction of sp³-hybridized carbons (Fsp3) is 0.474. The van der Waals surface area contributed by atoms with Crippen LogP contribution in [0.5, 0.6) is 0 Å². The number of benzene rings is 1. The summed E-state index contributed by atoms with van der Waals surface area (Å²) in [6, 6.07) is 8.98. The normalized spacial score (nSPS) is 15.7. The van der Waals surface area contributed by atoms with Gasteiger partial charge in [0.15, 0.2) is 5.96 Å². The Morgan fingerprint density at radius 2 is 1.93 bits per heavy atom. The van der Waals surface area contributed by atoms with Gasteiger partial charge in [0.05, 0.1) is 4.90 Å². The maximum atomic E-state index is 12.6. The van der Waals surface area contributed by atoms with E-state index in [0.717, 1.165) is 37.9 Å². The van der Waals surface area contributed by atoms with Crippen molar-refractivity contribution in [3.63, 3.8) is 0 Å². The molecule has 0 saturated carbocycles. The number of aliphatic imine (C=N–C) groups is 1. The van der Waals surface area contributed by atoms with E-state index in [-0.39, 0.29) is 0 Å². The predicted molar refractivity (Wildman–Crippen MR) is 109 cm³/mol. The summed E-state index contributed by atoms with van der Waals surface area (Å²) in [4.78, 5) is 4.58. The van der Waals surface area contributed by atoms with Crippen LogP contribution in [-0.2, 0) is 23.1 Å². The van der Waals surface area contributed by atoms with Crippen LogP contribution in [0.4, 0.5) is 0 Å². The van der Waals surface area contributed by atoms with Crippen molar-refractivity contribution < 1.29 is 8.42 Å². The zero-order valence-corrected chi connectivity index (χ0v) is 17.0. The van der Waals surface area contributed by atoms with Gasteiger partial charge < -0.3 is 10.6 Å². The third-order valence-electron chi connectivity index (χ3n) is 4.73. The number of aryl methyl sites for hydroxylation is 1. The van der Waals surface area contributed by atoms with Crippen LogP contribution in [0, 0.1) is 0 Å². The van der Waals surface area contributed by atoms with Crippen molar-refractivity contribution in [2.45, 2.75) is 37.2 Å². The van der Waals surface area contributed by atoms with Crippen molar-refractivity contribution in [2.75, 3.05) is 26.7 Å². The van der Waals surface area contributed by atoms with E-state index in [9.17, 15) is 8.42 Å². The lowest BCUT2D eigenvalue weighted by Crippen LogP contribution is -2.37. The molecule has 8 nitrogen and oxygen atoms in total. The number of aromatic nitrogens is 2. The number of nitrogens with one attached hydrogen (secondary N) is 2. The molecule has 0 spiro atoms. The summed E-state index contributed by atoms with van der Waals surface area (Å²) >= 11 is 0. The zero-order valence-electron chi connectivity index (χ0n) is 16.2. The van der Waals surface area contributed by atoms with E-state index in [1.54, 1.807) is 29.7 Å². The molecule has 1 aromatic heterocycles. The highest BCUT2D eigenvalue weighted by Gasteiger charge is 2.26. The van der Waals surface area contributed by atoms with Crippen molar-refractivity contribution in [1.29, 1.82) is 0 Å². The molecule has 2 N–H and O–H groups in total. The molecule has 1 fully saturated rings. The van der Waals surface area contributed by atoms with Gasteiger partial charge in [0.1, 0.15) is 0 Å². The lowest BCUT2D eigenvalue weighted by Gasteiger charge is -2.16. The second-order valence-corrected chi connectivity index (χ2v) is 8.67. The van der Waals surface area contributed by atoms with Gasteiger partial charge in [0, 0.05) is 52.2 Å². The molecule has 0 aliphatic carbocycles. The summed E-state index contributed by atoms with van der Waals surface area (Å²) in [5, 5.41) is 10.7. The highest BCUT2D eigenvalue weighted by atomic mass is 32.2. The third kappa shape index (κ3) is 5.32. The SMILES string of the molecule is CN=C(NCCCn1cccn1)NCc1ccc(S(=O)(=O)N2CCCC2)cc1. The summed E-state index contributed by atoms with van der Waals surface area (Å²) < 4.78 is 28.6. The molecule has 2 aromatic rings. The fourth-order valence-corrected chi connectivity index (χ4v) is 4.66. The Hall–Kier alpha value is -2.39. The molecule has 28 heavy (non-hydrogen) atoms. The molecule has 0 radical (unpaired) electrons. The highest BCUT2D eigenvalue weighted by Crippen LogP contribution is 2.21. The lowest BCUT2D eigenvalue weighted by atomic mass is 10.2. The van der Waals surface area contributed by atoms with Gasteiger partial charge in [-0.05, 0) is 43.0 Å². The molecule has 1 aromatic carbocycles. The van der Waals surface area contributed by atoms with E-state index >= 15 is 0 Å². The first-order chi connectivity index (χ1) is 13.6. The molecule has 152 valence electrons. The molecule has 1 saturated heterocycles. The monoisotopic (exact) mass is 404 g/mol. The minimum absolute atomic E-state index is 0.360. The fourth-order valence-electron chi connectivity index (χ4n) is 3.14. The molecule has 0 bridgehead atoms. The van der Waals surface area contributed by atoms with Gasteiger partial charge >= 0.3 is 0 Å². The molecular formula is C19H28N6O2S. The van der Waals surface area contributed by atoms with Crippen molar-refractivity contribution in [3.8, 4) is 0 Å². The van der Waals surface area contributed by atoms with Gasteiger partial charge in [-0.25, -0.2) is 8.42 Å². The minimum atomic E-state index is -3.36. The van der Waals surface area contributed by atoms with Crippen LogP contribution in [0.15, 0.2) is 52.6 Å². The van der Waals surface area contributed by atoms with Crippen molar-refractivity contribution in [2.24, 2.45) is 4.99 Å². The number of hydrogen-bond donors (Lipinski definition) is 2. The van der Waals surface area contributed by atoms with Gasteiger partial charge in [-0.1, -0.05) is 12.1 Å². The Labute approximate surface area is 166 Å². The molecule has 2 heterocycles. The maximum Gasteiger partial charge on any atom is 0.243 e. The molecule has 0 unspecified atom stereocenters.